The molecule has 4 rings (SSSR count). The highest BCUT2D eigenvalue weighted by Crippen LogP contribution is 2.37. The van der Waals surface area contributed by atoms with Gasteiger partial charge in [0.25, 0.3) is 11.6 Å². The van der Waals surface area contributed by atoms with Crippen LogP contribution >= 0.6 is 0 Å². The Kier molecular flexibility index (Phi) is 3.88. The average molecular weight is 339 g/mol. The van der Waals surface area contributed by atoms with Crippen molar-refractivity contribution in [2.24, 2.45) is 0 Å². The maximum Gasteiger partial charge on any atom is 0.271 e. The largest absolute Gasteiger partial charge is 0.497 e. The van der Waals surface area contributed by atoms with E-state index in [1.165, 1.54) is 5.84 Å². The fraction of sp³-hybridized carbons (Fsp3) is 0.350. The smallest absolute Gasteiger partial charge is 0.271 e. The van der Waals surface area contributed by atoms with E-state index in [1.54, 1.807) is 14.2 Å². The van der Waals surface area contributed by atoms with Crippen molar-refractivity contribution in [3.63, 3.8) is 0 Å². The molecule has 0 aliphatic carbocycles. The van der Waals surface area contributed by atoms with E-state index in [0.29, 0.717) is 6.54 Å². The van der Waals surface area contributed by atoms with Gasteiger partial charge in [-0.15, -0.1) is 0 Å². The molecule has 1 unspecified atom stereocenters. The summed E-state index contributed by atoms with van der Waals surface area (Å²) in [4.78, 5) is 2.22. The lowest BCUT2D eigenvalue weighted by molar-refractivity contribution is -0.652. The summed E-state index contributed by atoms with van der Waals surface area (Å²) in [5.41, 5.74) is 0.953. The molecular formula is C20H23N2O3+. The van der Waals surface area contributed by atoms with E-state index in [-0.39, 0.29) is 0 Å². The number of β-amino-alcohol motifs (C(OH)–C–C–N with tert-alkyl or cyclic N) is 1. The van der Waals surface area contributed by atoms with Crippen molar-refractivity contribution in [1.29, 1.82) is 0 Å². The predicted molar refractivity (Wildman–Crippen MR) is 96.6 cm³/mol. The van der Waals surface area contributed by atoms with Crippen LogP contribution in [0.25, 0.3) is 0 Å². The Morgan fingerprint density at radius 3 is 2.16 bits per heavy atom. The van der Waals surface area contributed by atoms with Gasteiger partial charge in [-0.1, -0.05) is 0 Å². The molecule has 0 saturated heterocycles. The first-order valence-corrected chi connectivity index (χ1v) is 8.58. The number of amidine groups is 1. The van der Waals surface area contributed by atoms with Crippen LogP contribution in [0.1, 0.15) is 18.4 Å². The van der Waals surface area contributed by atoms with Crippen LogP contribution in [0.3, 0.4) is 0 Å². The molecule has 0 spiro atoms. The molecular weight excluding hydrogens is 316 g/mol. The third-order valence-corrected chi connectivity index (χ3v) is 5.17. The van der Waals surface area contributed by atoms with Crippen molar-refractivity contribution in [2.75, 3.05) is 32.2 Å². The zero-order chi connectivity index (χ0) is 17.4. The molecule has 0 fully saturated rings. The fourth-order valence-corrected chi connectivity index (χ4v) is 3.84. The van der Waals surface area contributed by atoms with Gasteiger partial charge in [-0.2, -0.15) is 0 Å². The maximum atomic E-state index is 11.5. The number of hydrogen-bond acceptors (Lipinski definition) is 4. The minimum atomic E-state index is -1.02. The van der Waals surface area contributed by atoms with Crippen LogP contribution in [-0.2, 0) is 5.72 Å². The summed E-state index contributed by atoms with van der Waals surface area (Å²) < 4.78 is 12.6. The Morgan fingerprint density at radius 1 is 0.960 bits per heavy atom. The van der Waals surface area contributed by atoms with Crippen LogP contribution in [0.5, 0.6) is 11.5 Å². The Morgan fingerprint density at radius 2 is 1.56 bits per heavy atom. The molecule has 1 N–H and O–H groups in total. The summed E-state index contributed by atoms with van der Waals surface area (Å²) in [6.45, 7) is 1.38. The Labute approximate surface area is 147 Å². The highest BCUT2D eigenvalue weighted by molar-refractivity contribution is 5.96. The summed E-state index contributed by atoms with van der Waals surface area (Å²) in [5.74, 6) is 2.81. The molecule has 2 aromatic rings. The predicted octanol–water partition coefficient (Wildman–Crippen LogP) is 2.57. The normalized spacial score (nSPS) is 22.3. The third-order valence-electron chi connectivity index (χ3n) is 5.17. The highest BCUT2D eigenvalue weighted by atomic mass is 16.5. The van der Waals surface area contributed by atoms with E-state index >= 15 is 0 Å². The maximum absolute atomic E-state index is 11.5. The van der Waals surface area contributed by atoms with E-state index in [0.717, 1.165) is 42.1 Å². The number of benzene rings is 2. The zero-order valence-corrected chi connectivity index (χ0v) is 14.6. The van der Waals surface area contributed by atoms with E-state index in [1.807, 2.05) is 48.5 Å². The van der Waals surface area contributed by atoms with Crippen LogP contribution in [0, 0.1) is 0 Å². The average Bonchev–Trinajstić information content (AvgIpc) is 3.26. The first kappa shape index (κ1) is 16.0. The molecule has 1 atom stereocenters. The SMILES string of the molecule is COc1ccc(N2CC(O)(c3ccc(OC)cc3)[N+]3=C2CCC3)cc1. The molecule has 130 valence electrons. The van der Waals surface area contributed by atoms with E-state index in [9.17, 15) is 5.11 Å². The number of methoxy groups -OCH3 is 2. The number of rotatable bonds is 4. The fourth-order valence-electron chi connectivity index (χ4n) is 3.84. The summed E-state index contributed by atoms with van der Waals surface area (Å²) >= 11 is 0. The van der Waals surface area contributed by atoms with Crippen molar-refractivity contribution < 1.29 is 19.2 Å². The molecule has 0 bridgehead atoms. The van der Waals surface area contributed by atoms with Crippen molar-refractivity contribution >= 4 is 11.5 Å². The van der Waals surface area contributed by atoms with Gasteiger partial charge < -0.3 is 14.6 Å². The molecule has 2 aromatic carbocycles. The van der Waals surface area contributed by atoms with Crippen molar-refractivity contribution in [1.82, 2.24) is 0 Å². The van der Waals surface area contributed by atoms with Gasteiger partial charge >= 0.3 is 0 Å². The number of ether oxygens (including phenoxy) is 2. The number of anilines is 1. The molecule has 0 saturated carbocycles. The topological polar surface area (TPSA) is 44.9 Å². The molecule has 25 heavy (non-hydrogen) atoms. The monoisotopic (exact) mass is 339 g/mol. The summed E-state index contributed by atoms with van der Waals surface area (Å²) in [7, 11) is 3.32. The van der Waals surface area contributed by atoms with Crippen LogP contribution in [0.15, 0.2) is 48.5 Å². The van der Waals surface area contributed by atoms with Gasteiger partial charge in [-0.05, 0) is 55.0 Å². The Hall–Kier alpha value is -2.53. The second-order valence-electron chi connectivity index (χ2n) is 6.50. The van der Waals surface area contributed by atoms with Gasteiger partial charge in [-0.3, -0.25) is 0 Å². The van der Waals surface area contributed by atoms with Crippen LogP contribution in [0.2, 0.25) is 0 Å². The lowest BCUT2D eigenvalue weighted by atomic mass is 10.0. The molecule has 2 aliphatic rings. The molecule has 5 nitrogen and oxygen atoms in total. The van der Waals surface area contributed by atoms with Crippen molar-refractivity contribution in [3.8, 4) is 11.5 Å². The van der Waals surface area contributed by atoms with Gasteiger partial charge in [-0.25, -0.2) is 9.48 Å². The third kappa shape index (κ3) is 2.55. The molecule has 5 heteroatoms. The van der Waals surface area contributed by atoms with Gasteiger partial charge in [0.1, 0.15) is 17.2 Å². The van der Waals surface area contributed by atoms with Crippen molar-refractivity contribution in [2.45, 2.75) is 18.6 Å². The Balaban J connectivity index is 1.70. The van der Waals surface area contributed by atoms with Gasteiger partial charge in [0.15, 0.2) is 6.54 Å². The molecule has 2 heterocycles. The van der Waals surface area contributed by atoms with Gasteiger partial charge in [0.2, 0.25) is 0 Å². The summed E-state index contributed by atoms with van der Waals surface area (Å²) in [5, 5.41) is 11.5. The summed E-state index contributed by atoms with van der Waals surface area (Å²) in [6, 6.07) is 15.7. The van der Waals surface area contributed by atoms with E-state index < -0.39 is 5.72 Å². The number of hydrogen-bond donors (Lipinski definition) is 1. The molecule has 0 aromatic heterocycles. The van der Waals surface area contributed by atoms with E-state index in [2.05, 4.69) is 9.48 Å². The van der Waals surface area contributed by atoms with E-state index in [4.69, 9.17) is 9.47 Å². The second-order valence-corrected chi connectivity index (χ2v) is 6.50. The minimum absolute atomic E-state index is 0.515. The number of aliphatic hydroxyl groups is 1. The van der Waals surface area contributed by atoms with Gasteiger partial charge in [0.05, 0.1) is 27.2 Å². The number of nitrogens with zero attached hydrogens (tertiary/aromatic N) is 2. The van der Waals surface area contributed by atoms with Crippen LogP contribution in [0.4, 0.5) is 5.69 Å². The Bertz CT molecular complexity index is 799. The molecule has 0 amide bonds. The highest BCUT2D eigenvalue weighted by Gasteiger charge is 2.53. The van der Waals surface area contributed by atoms with Gasteiger partial charge in [0, 0.05) is 5.56 Å². The molecule has 0 radical (unpaired) electrons. The van der Waals surface area contributed by atoms with Crippen LogP contribution in [-0.4, -0.2) is 42.8 Å². The first-order chi connectivity index (χ1) is 12.2. The van der Waals surface area contributed by atoms with Crippen molar-refractivity contribution in [3.05, 3.63) is 54.1 Å². The summed E-state index contributed by atoms with van der Waals surface area (Å²) in [6.07, 6.45) is 2.03. The zero-order valence-electron chi connectivity index (χ0n) is 14.6. The second kappa shape index (κ2) is 6.08. The minimum Gasteiger partial charge on any atom is -0.497 e. The lowest BCUT2D eigenvalue weighted by Gasteiger charge is -2.23. The first-order valence-electron chi connectivity index (χ1n) is 8.58. The van der Waals surface area contributed by atoms with Crippen LogP contribution < -0.4 is 14.4 Å². The quantitative estimate of drug-likeness (QED) is 0.870. The standard InChI is InChI=1S/C20H23N2O3/c1-24-17-9-5-15(6-10-17)20(23)14-21(19-4-3-13-22(19)20)16-7-11-18(25-2)12-8-16/h5-12,23H,3-4,13-14H2,1-2H3/q+1. The lowest BCUT2D eigenvalue weighted by Crippen LogP contribution is -2.40. The molecule has 2 aliphatic heterocycles.